The van der Waals surface area contributed by atoms with Crippen LogP contribution in [0.5, 0.6) is 0 Å². The van der Waals surface area contributed by atoms with Crippen LogP contribution in [0.4, 0.5) is 0 Å². The van der Waals surface area contributed by atoms with E-state index in [2.05, 4.69) is 4.74 Å². The minimum Gasteiger partial charge on any atom is -0.469 e. The van der Waals surface area contributed by atoms with Gasteiger partial charge in [0, 0.05) is 32.7 Å². The molecule has 5 heteroatoms. The molecular formula is C20H40O5. The van der Waals surface area contributed by atoms with Crippen molar-refractivity contribution in [2.24, 2.45) is 0 Å². The van der Waals surface area contributed by atoms with Gasteiger partial charge < -0.3 is 18.9 Å². The quantitative estimate of drug-likeness (QED) is 0.191. The molecule has 0 fully saturated rings. The Bertz CT molecular complexity index is 289. The van der Waals surface area contributed by atoms with E-state index in [-0.39, 0.29) is 5.97 Å². The van der Waals surface area contributed by atoms with Crippen molar-refractivity contribution < 1.29 is 23.7 Å². The maximum absolute atomic E-state index is 11.0. The number of hydrogen-bond acceptors (Lipinski definition) is 5. The number of hydrogen-bond donors (Lipinski definition) is 0. The Balaban J connectivity index is 3.64. The standard InChI is InChI=1S/C20H40O5/c1-5-23-20(24-6-2,25-7-3)18-16-14-12-10-8-9-11-13-15-17-19(21)22-4/h5-18H2,1-4H3. The lowest BCUT2D eigenvalue weighted by atomic mass is 10.1. The number of methoxy groups -OCH3 is 1. The van der Waals surface area contributed by atoms with Crippen LogP contribution in [-0.4, -0.2) is 38.9 Å². The summed E-state index contributed by atoms with van der Waals surface area (Å²) < 4.78 is 21.9. The Kier molecular flexibility index (Phi) is 16.4. The van der Waals surface area contributed by atoms with E-state index in [9.17, 15) is 4.79 Å². The Hall–Kier alpha value is -0.650. The third-order valence-electron chi connectivity index (χ3n) is 4.18. The summed E-state index contributed by atoms with van der Waals surface area (Å²) in [4.78, 5) is 11.0. The number of esters is 1. The highest BCUT2D eigenvalue weighted by atomic mass is 16.9. The SMILES string of the molecule is CCOC(CCCCCCCCCCCC(=O)OC)(OCC)OCC. The fourth-order valence-corrected chi connectivity index (χ4v) is 2.95. The van der Waals surface area contributed by atoms with Gasteiger partial charge in [0.25, 0.3) is 5.97 Å². The van der Waals surface area contributed by atoms with Gasteiger partial charge in [0.15, 0.2) is 0 Å². The van der Waals surface area contributed by atoms with E-state index in [4.69, 9.17) is 14.2 Å². The first kappa shape index (κ1) is 24.4. The summed E-state index contributed by atoms with van der Waals surface area (Å²) in [6, 6.07) is 0. The van der Waals surface area contributed by atoms with Gasteiger partial charge in [-0.2, -0.15) is 0 Å². The van der Waals surface area contributed by atoms with Crippen molar-refractivity contribution >= 4 is 5.97 Å². The van der Waals surface area contributed by atoms with Crippen LogP contribution in [0, 0.1) is 0 Å². The third kappa shape index (κ3) is 13.2. The molecule has 0 aliphatic rings. The molecule has 0 amide bonds. The van der Waals surface area contributed by atoms with Crippen LogP contribution >= 0.6 is 0 Å². The maximum Gasteiger partial charge on any atom is 0.305 e. The molecule has 0 unspecified atom stereocenters. The van der Waals surface area contributed by atoms with Gasteiger partial charge in [0.1, 0.15) is 0 Å². The summed E-state index contributed by atoms with van der Waals surface area (Å²) in [5.74, 6) is -0.944. The third-order valence-corrected chi connectivity index (χ3v) is 4.18. The molecule has 0 aromatic heterocycles. The Morgan fingerprint density at radius 3 is 1.48 bits per heavy atom. The predicted octanol–water partition coefficient (Wildman–Crippen LogP) is 5.21. The van der Waals surface area contributed by atoms with Crippen molar-refractivity contribution in [2.45, 2.75) is 97.4 Å². The summed E-state index contributed by atoms with van der Waals surface area (Å²) >= 11 is 0. The van der Waals surface area contributed by atoms with Crippen molar-refractivity contribution in [1.29, 1.82) is 0 Å². The van der Waals surface area contributed by atoms with E-state index in [0.29, 0.717) is 26.2 Å². The van der Waals surface area contributed by atoms with Gasteiger partial charge in [-0.1, -0.05) is 44.9 Å². The normalized spacial score (nSPS) is 11.7. The van der Waals surface area contributed by atoms with Crippen molar-refractivity contribution in [3.63, 3.8) is 0 Å². The fraction of sp³-hybridized carbons (Fsp3) is 0.950. The van der Waals surface area contributed by atoms with Crippen LogP contribution < -0.4 is 0 Å². The average molecular weight is 361 g/mol. The summed E-state index contributed by atoms with van der Waals surface area (Å²) in [6.45, 7) is 7.69. The molecule has 5 nitrogen and oxygen atoms in total. The smallest absolute Gasteiger partial charge is 0.305 e. The predicted molar refractivity (Wildman–Crippen MR) is 100 cm³/mol. The van der Waals surface area contributed by atoms with Crippen molar-refractivity contribution in [3.8, 4) is 0 Å². The van der Waals surface area contributed by atoms with Crippen LogP contribution in [0.3, 0.4) is 0 Å². The highest BCUT2D eigenvalue weighted by molar-refractivity contribution is 5.68. The first-order valence-corrected chi connectivity index (χ1v) is 10.1. The van der Waals surface area contributed by atoms with E-state index >= 15 is 0 Å². The van der Waals surface area contributed by atoms with E-state index in [0.717, 1.165) is 25.7 Å². The summed E-state index contributed by atoms with van der Waals surface area (Å²) in [6.07, 6.45) is 11.9. The summed E-state index contributed by atoms with van der Waals surface area (Å²) in [5.41, 5.74) is 0. The lowest BCUT2D eigenvalue weighted by Gasteiger charge is -2.32. The van der Waals surface area contributed by atoms with Crippen LogP contribution in [0.1, 0.15) is 91.4 Å². The average Bonchev–Trinajstić information content (AvgIpc) is 2.60. The molecular weight excluding hydrogens is 320 g/mol. The molecule has 0 saturated heterocycles. The molecule has 0 rings (SSSR count). The van der Waals surface area contributed by atoms with Crippen LogP contribution in [0.15, 0.2) is 0 Å². The Labute approximate surface area is 154 Å². The molecule has 0 N–H and O–H groups in total. The molecule has 0 atom stereocenters. The molecule has 150 valence electrons. The zero-order chi connectivity index (χ0) is 18.8. The highest BCUT2D eigenvalue weighted by Gasteiger charge is 2.31. The van der Waals surface area contributed by atoms with Gasteiger partial charge in [-0.05, 0) is 33.6 Å². The zero-order valence-corrected chi connectivity index (χ0v) is 16.9. The molecule has 0 aliphatic carbocycles. The van der Waals surface area contributed by atoms with Crippen LogP contribution in [0.25, 0.3) is 0 Å². The summed E-state index contributed by atoms with van der Waals surface area (Å²) in [5, 5.41) is 0. The molecule has 25 heavy (non-hydrogen) atoms. The van der Waals surface area contributed by atoms with Crippen molar-refractivity contribution in [1.82, 2.24) is 0 Å². The molecule has 0 aliphatic heterocycles. The molecule has 0 heterocycles. The number of rotatable bonds is 18. The van der Waals surface area contributed by atoms with Crippen LogP contribution in [-0.2, 0) is 23.7 Å². The van der Waals surface area contributed by atoms with E-state index in [1.54, 1.807) is 0 Å². The van der Waals surface area contributed by atoms with E-state index in [1.165, 1.54) is 45.6 Å². The first-order chi connectivity index (χ1) is 12.1. The lowest BCUT2D eigenvalue weighted by molar-refractivity contribution is -0.380. The van der Waals surface area contributed by atoms with Gasteiger partial charge in [0.2, 0.25) is 0 Å². The lowest BCUT2D eigenvalue weighted by Crippen LogP contribution is -2.39. The molecule has 0 bridgehead atoms. The van der Waals surface area contributed by atoms with Gasteiger partial charge in [-0.15, -0.1) is 0 Å². The van der Waals surface area contributed by atoms with Gasteiger partial charge in [-0.3, -0.25) is 4.79 Å². The number of carbonyl (C=O) groups excluding carboxylic acids is 1. The highest BCUT2D eigenvalue weighted by Crippen LogP contribution is 2.24. The second-order valence-corrected chi connectivity index (χ2v) is 6.24. The largest absolute Gasteiger partial charge is 0.469 e. The molecule has 0 aromatic rings. The molecule has 0 saturated carbocycles. The second-order valence-electron chi connectivity index (χ2n) is 6.24. The monoisotopic (exact) mass is 360 g/mol. The second kappa shape index (κ2) is 16.8. The minimum absolute atomic E-state index is 0.0952. The molecule has 0 radical (unpaired) electrons. The van der Waals surface area contributed by atoms with E-state index in [1.807, 2.05) is 20.8 Å². The van der Waals surface area contributed by atoms with Crippen LogP contribution in [0.2, 0.25) is 0 Å². The summed E-state index contributed by atoms with van der Waals surface area (Å²) in [7, 11) is 1.45. The fourth-order valence-electron chi connectivity index (χ4n) is 2.95. The maximum atomic E-state index is 11.0. The Morgan fingerprint density at radius 2 is 1.08 bits per heavy atom. The minimum atomic E-state index is -0.849. The van der Waals surface area contributed by atoms with Gasteiger partial charge >= 0.3 is 5.97 Å². The number of carbonyl (C=O) groups is 1. The van der Waals surface area contributed by atoms with Crippen molar-refractivity contribution in [2.75, 3.05) is 26.9 Å². The number of ether oxygens (including phenoxy) is 4. The first-order valence-electron chi connectivity index (χ1n) is 10.1. The molecule has 0 aromatic carbocycles. The zero-order valence-electron chi connectivity index (χ0n) is 16.9. The Morgan fingerprint density at radius 1 is 0.680 bits per heavy atom. The number of unbranched alkanes of at least 4 members (excludes halogenated alkanes) is 8. The topological polar surface area (TPSA) is 54.0 Å². The van der Waals surface area contributed by atoms with Crippen molar-refractivity contribution in [3.05, 3.63) is 0 Å². The van der Waals surface area contributed by atoms with Gasteiger partial charge in [0.05, 0.1) is 7.11 Å². The molecule has 0 spiro atoms. The van der Waals surface area contributed by atoms with Gasteiger partial charge in [-0.25, -0.2) is 0 Å². The van der Waals surface area contributed by atoms with E-state index < -0.39 is 5.97 Å².